The SMILES string of the molecule is O=C(Nc1ccc(Cl)cc1)N(c1cccc(Cl)c1)[C@@H](C(O)c1cccc(Cl)c1)[C@H]1CCCO1.O=C1N(c2ccc(Cl)cc2)[C@H]([C@H]2CCCO2)C(O)(c2cccc(Cl)c2)N1c1ccc(Cl)cc1. The Morgan fingerprint density at radius 2 is 1.23 bits per heavy atom. The minimum absolute atomic E-state index is 0.381. The van der Waals surface area contributed by atoms with Gasteiger partial charge >= 0.3 is 12.1 Å². The number of carbonyl (C=O) groups excluding carboxylic acids is 2. The van der Waals surface area contributed by atoms with Crippen LogP contribution in [0.5, 0.6) is 0 Å². The average molecular weight is 1010 g/mol. The van der Waals surface area contributed by atoms with Gasteiger partial charge in [0.25, 0.3) is 0 Å². The minimum atomic E-state index is -1.76. The van der Waals surface area contributed by atoms with Crippen LogP contribution in [0.3, 0.4) is 0 Å². The highest BCUT2D eigenvalue weighted by molar-refractivity contribution is 6.32. The summed E-state index contributed by atoms with van der Waals surface area (Å²) in [4.78, 5) is 32.2. The summed E-state index contributed by atoms with van der Waals surface area (Å²) in [7, 11) is 0. The van der Waals surface area contributed by atoms with E-state index in [2.05, 4.69) is 5.32 Å². The van der Waals surface area contributed by atoms with Crippen LogP contribution in [-0.4, -0.2) is 59.8 Å². The topological polar surface area (TPSA) is 115 Å². The van der Waals surface area contributed by atoms with E-state index >= 15 is 0 Å². The molecule has 3 heterocycles. The number of ether oxygens (including phenoxy) is 2. The van der Waals surface area contributed by atoms with Gasteiger partial charge in [-0.3, -0.25) is 14.7 Å². The molecule has 0 spiro atoms. The molecule has 9 rings (SSSR count). The first-order chi connectivity index (χ1) is 31.8. The minimum Gasteiger partial charge on any atom is -0.386 e. The number of nitrogens with zero attached hydrogens (tertiary/aromatic N) is 3. The van der Waals surface area contributed by atoms with Gasteiger partial charge in [-0.25, -0.2) is 9.59 Å². The molecule has 0 saturated carbocycles. The van der Waals surface area contributed by atoms with Gasteiger partial charge in [-0.2, -0.15) is 0 Å². The molecule has 4 amide bonds. The van der Waals surface area contributed by atoms with Crippen molar-refractivity contribution in [1.82, 2.24) is 0 Å². The standard InChI is InChI=1S/C25H21Cl3N2O3.C25H23Cl3N2O3/c26-17-6-10-20(11-7-17)29-23(22-5-2-14-33-22)25(32,16-3-1-4-19(28)15-16)30(24(29)31)21-12-8-18(27)9-13-21;26-17-9-11-20(12-10-17)29-25(32)30(21-7-2-6-19(28)15-21)23(22-8-3-13-33-22)24(31)16-4-1-5-18(27)14-16/h1,3-4,6-13,15,22-23,32H,2,5,14H2;1-2,4-7,9-12,14-15,22-24,31H,3,8,13H2,(H,29,32)/t22-,23-,25?;22-,23-,24?/m11/s1. The van der Waals surface area contributed by atoms with E-state index in [0.717, 1.165) is 12.8 Å². The quantitative estimate of drug-likeness (QED) is 0.126. The number of urea groups is 2. The van der Waals surface area contributed by atoms with E-state index in [0.29, 0.717) is 90.1 Å². The maximum absolute atomic E-state index is 14.1. The van der Waals surface area contributed by atoms with Crippen molar-refractivity contribution >= 4 is 104 Å². The van der Waals surface area contributed by atoms with Crippen LogP contribution in [0.25, 0.3) is 0 Å². The van der Waals surface area contributed by atoms with Crippen molar-refractivity contribution in [2.45, 2.75) is 61.8 Å². The zero-order valence-electron chi connectivity index (χ0n) is 35.1. The first kappa shape index (κ1) is 47.9. The van der Waals surface area contributed by atoms with Gasteiger partial charge in [0.15, 0.2) is 5.72 Å². The molecule has 0 aromatic heterocycles. The molecule has 16 heteroatoms. The molecule has 342 valence electrons. The van der Waals surface area contributed by atoms with E-state index in [1.807, 2.05) is 0 Å². The van der Waals surface area contributed by atoms with Crippen LogP contribution in [0.1, 0.15) is 42.9 Å². The van der Waals surface area contributed by atoms with Gasteiger partial charge in [0.1, 0.15) is 12.1 Å². The second kappa shape index (κ2) is 21.2. The van der Waals surface area contributed by atoms with Crippen LogP contribution in [0.2, 0.25) is 30.1 Å². The predicted molar refractivity (Wildman–Crippen MR) is 265 cm³/mol. The molecule has 3 fully saturated rings. The van der Waals surface area contributed by atoms with Crippen LogP contribution in [0, 0.1) is 0 Å². The number of amides is 4. The fourth-order valence-electron chi connectivity index (χ4n) is 8.79. The summed E-state index contributed by atoms with van der Waals surface area (Å²) >= 11 is 37.0. The Kier molecular flexibility index (Phi) is 15.4. The number of nitrogens with one attached hydrogen (secondary N) is 1. The van der Waals surface area contributed by atoms with E-state index in [9.17, 15) is 19.8 Å². The van der Waals surface area contributed by atoms with E-state index in [4.69, 9.17) is 79.1 Å². The van der Waals surface area contributed by atoms with E-state index in [1.165, 1.54) is 9.80 Å². The lowest BCUT2D eigenvalue weighted by Gasteiger charge is -2.39. The van der Waals surface area contributed by atoms with Crippen LogP contribution >= 0.6 is 69.6 Å². The van der Waals surface area contributed by atoms with Crippen molar-refractivity contribution < 1.29 is 29.3 Å². The van der Waals surface area contributed by atoms with Gasteiger partial charge in [0.05, 0.1) is 18.2 Å². The summed E-state index contributed by atoms with van der Waals surface area (Å²) in [5, 5.41) is 30.0. The van der Waals surface area contributed by atoms with E-state index in [1.54, 1.807) is 150 Å². The Morgan fingerprint density at radius 1 is 0.667 bits per heavy atom. The molecule has 0 radical (unpaired) electrons. The third-order valence-electron chi connectivity index (χ3n) is 11.7. The van der Waals surface area contributed by atoms with Crippen molar-refractivity contribution in [3.05, 3.63) is 187 Å². The van der Waals surface area contributed by atoms with Gasteiger partial charge in [0.2, 0.25) is 0 Å². The van der Waals surface area contributed by atoms with Crippen molar-refractivity contribution in [2.24, 2.45) is 0 Å². The van der Waals surface area contributed by atoms with Crippen LogP contribution < -0.4 is 20.0 Å². The molecular weight excluding hydrogens is 965 g/mol. The van der Waals surface area contributed by atoms with Gasteiger partial charge in [-0.05, 0) is 147 Å². The molecule has 3 aliphatic rings. The number of benzene rings is 6. The highest BCUT2D eigenvalue weighted by Gasteiger charge is 2.62. The summed E-state index contributed by atoms with van der Waals surface area (Å²) in [6.45, 7) is 1.13. The molecule has 0 aliphatic carbocycles. The molecule has 10 nitrogen and oxygen atoms in total. The number of rotatable bonds is 10. The Bertz CT molecular complexity index is 2630. The molecular formula is C50H44Cl6N4O6. The fraction of sp³-hybridized carbons (Fsp3) is 0.240. The second-order valence-electron chi connectivity index (χ2n) is 16.0. The summed E-state index contributed by atoms with van der Waals surface area (Å²) in [6, 6.07) is 39.2. The highest BCUT2D eigenvalue weighted by Crippen LogP contribution is 2.48. The van der Waals surface area contributed by atoms with Gasteiger partial charge < -0.3 is 25.0 Å². The average Bonchev–Trinajstić information content (AvgIpc) is 4.09. The largest absolute Gasteiger partial charge is 0.386 e. The number of aliphatic hydroxyl groups is 2. The number of carbonyl (C=O) groups is 2. The lowest BCUT2D eigenvalue weighted by Crippen LogP contribution is -2.54. The predicted octanol–water partition coefficient (Wildman–Crippen LogP) is 13.5. The molecule has 3 aliphatic heterocycles. The Hall–Kier alpha value is -4.56. The third-order valence-corrected chi connectivity index (χ3v) is 13.2. The lowest BCUT2D eigenvalue weighted by atomic mass is 9.88. The zero-order valence-corrected chi connectivity index (χ0v) is 39.7. The van der Waals surface area contributed by atoms with Crippen molar-refractivity contribution in [3.8, 4) is 0 Å². The maximum atomic E-state index is 14.1. The maximum Gasteiger partial charge on any atom is 0.332 e. The molecule has 6 aromatic rings. The molecule has 3 saturated heterocycles. The second-order valence-corrected chi connectivity index (χ2v) is 18.6. The number of hydrogen-bond donors (Lipinski definition) is 3. The Balaban J connectivity index is 0.000000179. The first-order valence-corrected chi connectivity index (χ1v) is 23.5. The van der Waals surface area contributed by atoms with Gasteiger partial charge in [-0.1, -0.05) is 99.9 Å². The number of aliphatic hydroxyl groups excluding tert-OH is 1. The van der Waals surface area contributed by atoms with Crippen LogP contribution in [0.4, 0.5) is 32.3 Å². The molecule has 0 bridgehead atoms. The fourth-order valence-corrected chi connectivity index (χ4v) is 9.74. The van der Waals surface area contributed by atoms with E-state index in [-0.39, 0.29) is 18.2 Å². The third kappa shape index (κ3) is 10.4. The van der Waals surface area contributed by atoms with Crippen LogP contribution in [0.15, 0.2) is 146 Å². The molecule has 2 unspecified atom stereocenters. The molecule has 66 heavy (non-hydrogen) atoms. The van der Waals surface area contributed by atoms with Gasteiger partial charge in [-0.15, -0.1) is 0 Å². The lowest BCUT2D eigenvalue weighted by molar-refractivity contribution is -0.0260. The van der Waals surface area contributed by atoms with Crippen LogP contribution in [-0.2, 0) is 15.2 Å². The number of hydrogen-bond acceptors (Lipinski definition) is 6. The van der Waals surface area contributed by atoms with Crippen molar-refractivity contribution in [1.29, 1.82) is 0 Å². The normalized spacial score (nSPS) is 21.3. The monoisotopic (exact) mass is 1010 g/mol. The molecule has 3 N–H and O–H groups in total. The zero-order chi connectivity index (χ0) is 46.5. The van der Waals surface area contributed by atoms with Crippen molar-refractivity contribution in [2.75, 3.05) is 33.2 Å². The van der Waals surface area contributed by atoms with Crippen molar-refractivity contribution in [3.63, 3.8) is 0 Å². The molecule has 6 atom stereocenters. The van der Waals surface area contributed by atoms with Gasteiger partial charge in [0, 0.05) is 71.7 Å². The summed E-state index contributed by atoms with van der Waals surface area (Å²) in [5.74, 6) is 0. The molecule has 6 aromatic carbocycles. The summed E-state index contributed by atoms with van der Waals surface area (Å²) < 4.78 is 12.0. The van der Waals surface area contributed by atoms with E-state index < -0.39 is 29.9 Å². The smallest absolute Gasteiger partial charge is 0.332 e. The Morgan fingerprint density at radius 3 is 1.80 bits per heavy atom. The number of halogens is 6. The summed E-state index contributed by atoms with van der Waals surface area (Å²) in [5.41, 5.74) is 1.55. The highest BCUT2D eigenvalue weighted by atomic mass is 35.5. The summed E-state index contributed by atoms with van der Waals surface area (Å²) in [6.07, 6.45) is 1.27. The first-order valence-electron chi connectivity index (χ1n) is 21.2. The number of anilines is 4. The Labute approximate surface area is 413 Å².